The minimum atomic E-state index is -3.53. The maximum atomic E-state index is 12.7. The molecular formula is C24H20O3S. The standard InChI is InChI=1S/C24H20O3S/c1-17-4-11-23(12-5-17)28(25,26)24-13-9-21(10-14-24)27-22-8-7-19-15-18(2)3-6-20(19)16-22/h3-16H,1-2H3. The summed E-state index contributed by atoms with van der Waals surface area (Å²) in [6.45, 7) is 3.99. The molecule has 0 unspecified atom stereocenters. The Kier molecular flexibility index (Phi) is 4.65. The molecule has 0 aliphatic heterocycles. The summed E-state index contributed by atoms with van der Waals surface area (Å²) in [4.78, 5) is 0.536. The van der Waals surface area contributed by atoms with Crippen molar-refractivity contribution in [3.63, 3.8) is 0 Å². The lowest BCUT2D eigenvalue weighted by molar-refractivity contribution is 0.483. The second-order valence-electron chi connectivity index (χ2n) is 6.90. The van der Waals surface area contributed by atoms with Gasteiger partial charge >= 0.3 is 0 Å². The highest BCUT2D eigenvalue weighted by Gasteiger charge is 2.17. The fourth-order valence-corrected chi connectivity index (χ4v) is 4.34. The van der Waals surface area contributed by atoms with E-state index in [1.165, 1.54) is 5.56 Å². The predicted molar refractivity (Wildman–Crippen MR) is 112 cm³/mol. The third kappa shape index (κ3) is 3.64. The van der Waals surface area contributed by atoms with Gasteiger partial charge in [0.05, 0.1) is 9.79 Å². The van der Waals surface area contributed by atoms with Gasteiger partial charge in [0.1, 0.15) is 11.5 Å². The maximum Gasteiger partial charge on any atom is 0.206 e. The number of fused-ring (bicyclic) bond motifs is 1. The van der Waals surface area contributed by atoms with Gasteiger partial charge in [-0.1, -0.05) is 47.5 Å². The average molecular weight is 388 g/mol. The minimum absolute atomic E-state index is 0.248. The normalized spacial score (nSPS) is 11.5. The molecule has 0 fully saturated rings. The molecule has 0 N–H and O–H groups in total. The van der Waals surface area contributed by atoms with Crippen LogP contribution in [0.4, 0.5) is 0 Å². The second-order valence-corrected chi connectivity index (χ2v) is 8.85. The topological polar surface area (TPSA) is 43.4 Å². The van der Waals surface area contributed by atoms with Gasteiger partial charge in [0, 0.05) is 0 Å². The summed E-state index contributed by atoms with van der Waals surface area (Å²) in [5, 5.41) is 2.26. The summed E-state index contributed by atoms with van der Waals surface area (Å²) in [5.74, 6) is 1.31. The Morgan fingerprint density at radius 1 is 0.571 bits per heavy atom. The van der Waals surface area contributed by atoms with Crippen LogP contribution in [0.15, 0.2) is 94.7 Å². The Morgan fingerprint density at radius 3 is 1.75 bits per heavy atom. The van der Waals surface area contributed by atoms with E-state index in [-0.39, 0.29) is 9.79 Å². The number of hydrogen-bond donors (Lipinski definition) is 0. The summed E-state index contributed by atoms with van der Waals surface area (Å²) in [5.41, 5.74) is 2.24. The first-order valence-corrected chi connectivity index (χ1v) is 10.5. The number of aryl methyl sites for hydroxylation is 2. The zero-order chi connectivity index (χ0) is 19.7. The monoisotopic (exact) mass is 388 g/mol. The zero-order valence-electron chi connectivity index (χ0n) is 15.7. The minimum Gasteiger partial charge on any atom is -0.457 e. The van der Waals surface area contributed by atoms with Crippen molar-refractivity contribution in [1.29, 1.82) is 0 Å². The molecule has 0 amide bonds. The first kappa shape index (κ1) is 18.3. The molecule has 0 bridgehead atoms. The van der Waals surface area contributed by atoms with Gasteiger partial charge in [-0.05, 0) is 73.2 Å². The van der Waals surface area contributed by atoms with Crippen molar-refractivity contribution < 1.29 is 13.2 Å². The number of rotatable bonds is 4. The highest BCUT2D eigenvalue weighted by Crippen LogP contribution is 2.28. The van der Waals surface area contributed by atoms with Crippen LogP contribution >= 0.6 is 0 Å². The van der Waals surface area contributed by atoms with Gasteiger partial charge in [0.15, 0.2) is 0 Å². The first-order chi connectivity index (χ1) is 13.4. The smallest absolute Gasteiger partial charge is 0.206 e. The molecule has 0 atom stereocenters. The number of benzene rings is 4. The first-order valence-electron chi connectivity index (χ1n) is 9.02. The van der Waals surface area contributed by atoms with Gasteiger partial charge in [-0.3, -0.25) is 0 Å². The van der Waals surface area contributed by atoms with Crippen LogP contribution in [0.5, 0.6) is 11.5 Å². The van der Waals surface area contributed by atoms with E-state index in [1.54, 1.807) is 48.5 Å². The third-order valence-corrected chi connectivity index (χ3v) is 6.45. The van der Waals surface area contributed by atoms with E-state index in [0.29, 0.717) is 11.5 Å². The Morgan fingerprint density at radius 2 is 1.07 bits per heavy atom. The molecule has 3 nitrogen and oxygen atoms in total. The van der Waals surface area contributed by atoms with E-state index in [9.17, 15) is 8.42 Å². The Hall–Kier alpha value is -3.11. The van der Waals surface area contributed by atoms with Crippen molar-refractivity contribution in [2.24, 2.45) is 0 Å². The third-order valence-electron chi connectivity index (χ3n) is 4.67. The van der Waals surface area contributed by atoms with E-state index in [2.05, 4.69) is 25.1 Å². The van der Waals surface area contributed by atoms with Gasteiger partial charge < -0.3 is 4.74 Å². The van der Waals surface area contributed by atoms with Crippen LogP contribution in [0.2, 0.25) is 0 Å². The second kappa shape index (κ2) is 7.13. The van der Waals surface area contributed by atoms with Crippen LogP contribution in [0.3, 0.4) is 0 Å². The lowest BCUT2D eigenvalue weighted by atomic mass is 10.1. The molecule has 0 aliphatic carbocycles. The highest BCUT2D eigenvalue weighted by atomic mass is 32.2. The summed E-state index contributed by atoms with van der Waals surface area (Å²) >= 11 is 0. The Bertz CT molecular complexity index is 1240. The highest BCUT2D eigenvalue weighted by molar-refractivity contribution is 7.91. The Balaban J connectivity index is 1.58. The fraction of sp³-hybridized carbons (Fsp3) is 0.0833. The lowest BCUT2D eigenvalue weighted by Crippen LogP contribution is -2.01. The average Bonchev–Trinajstić information content (AvgIpc) is 2.69. The van der Waals surface area contributed by atoms with E-state index in [4.69, 9.17) is 4.74 Å². The summed E-state index contributed by atoms with van der Waals surface area (Å²) in [7, 11) is -3.53. The molecule has 0 aromatic heterocycles. The number of sulfone groups is 1. The van der Waals surface area contributed by atoms with Crippen molar-refractivity contribution >= 4 is 20.6 Å². The van der Waals surface area contributed by atoms with Crippen LogP contribution in [0.1, 0.15) is 11.1 Å². The molecule has 4 aromatic carbocycles. The molecule has 140 valence electrons. The maximum absolute atomic E-state index is 12.7. The van der Waals surface area contributed by atoms with Gasteiger partial charge in [-0.2, -0.15) is 0 Å². The molecule has 0 aliphatic rings. The molecule has 4 rings (SSSR count). The summed E-state index contributed by atoms with van der Waals surface area (Å²) < 4.78 is 31.4. The predicted octanol–water partition coefficient (Wildman–Crippen LogP) is 6.08. The Labute approximate surface area is 165 Å². The van der Waals surface area contributed by atoms with Crippen molar-refractivity contribution in [1.82, 2.24) is 0 Å². The largest absolute Gasteiger partial charge is 0.457 e. The van der Waals surface area contributed by atoms with Gasteiger partial charge in [-0.15, -0.1) is 0 Å². The molecule has 4 heteroatoms. The molecule has 0 radical (unpaired) electrons. The molecule has 0 saturated heterocycles. The molecule has 4 aromatic rings. The van der Waals surface area contributed by atoms with E-state index in [1.807, 2.05) is 25.1 Å². The van der Waals surface area contributed by atoms with Gasteiger partial charge in [0.2, 0.25) is 9.84 Å². The quantitative estimate of drug-likeness (QED) is 0.425. The SMILES string of the molecule is Cc1ccc(S(=O)(=O)c2ccc(Oc3ccc4cc(C)ccc4c3)cc2)cc1. The molecule has 0 spiro atoms. The molecular weight excluding hydrogens is 368 g/mol. The number of ether oxygens (including phenoxy) is 1. The van der Waals surface area contributed by atoms with E-state index < -0.39 is 9.84 Å². The van der Waals surface area contributed by atoms with Crippen LogP contribution in [-0.2, 0) is 9.84 Å². The van der Waals surface area contributed by atoms with Crippen molar-refractivity contribution in [2.45, 2.75) is 23.6 Å². The van der Waals surface area contributed by atoms with E-state index in [0.717, 1.165) is 16.3 Å². The van der Waals surface area contributed by atoms with Crippen LogP contribution in [0, 0.1) is 13.8 Å². The van der Waals surface area contributed by atoms with Gasteiger partial charge in [-0.25, -0.2) is 8.42 Å². The van der Waals surface area contributed by atoms with Crippen molar-refractivity contribution in [3.05, 3.63) is 96.1 Å². The fourth-order valence-electron chi connectivity index (χ4n) is 3.08. The van der Waals surface area contributed by atoms with E-state index >= 15 is 0 Å². The van der Waals surface area contributed by atoms with Crippen LogP contribution < -0.4 is 4.74 Å². The zero-order valence-corrected chi connectivity index (χ0v) is 16.5. The molecule has 0 heterocycles. The van der Waals surface area contributed by atoms with Crippen LogP contribution in [-0.4, -0.2) is 8.42 Å². The summed E-state index contributed by atoms with van der Waals surface area (Å²) in [6, 6.07) is 25.5. The van der Waals surface area contributed by atoms with Crippen molar-refractivity contribution in [3.8, 4) is 11.5 Å². The van der Waals surface area contributed by atoms with Crippen molar-refractivity contribution in [2.75, 3.05) is 0 Å². The summed E-state index contributed by atoms with van der Waals surface area (Å²) in [6.07, 6.45) is 0. The van der Waals surface area contributed by atoms with Gasteiger partial charge in [0.25, 0.3) is 0 Å². The molecule has 28 heavy (non-hydrogen) atoms. The van der Waals surface area contributed by atoms with Crippen LogP contribution in [0.25, 0.3) is 10.8 Å². The number of hydrogen-bond acceptors (Lipinski definition) is 3. The molecule has 0 saturated carbocycles. The lowest BCUT2D eigenvalue weighted by Gasteiger charge is -2.09.